The van der Waals surface area contributed by atoms with Gasteiger partial charge in [0.25, 0.3) is 0 Å². The summed E-state index contributed by atoms with van der Waals surface area (Å²) in [5.41, 5.74) is 7.63. The molecular formula is C11H11BrN4O2S. The zero-order valence-electron chi connectivity index (χ0n) is 10.00. The third-order valence-electron chi connectivity index (χ3n) is 2.27. The molecule has 2 aromatic rings. The summed E-state index contributed by atoms with van der Waals surface area (Å²) in [5.74, 6) is -0.778. The highest BCUT2D eigenvalue weighted by atomic mass is 79.9. The van der Waals surface area contributed by atoms with Gasteiger partial charge in [-0.25, -0.2) is 0 Å². The van der Waals surface area contributed by atoms with Crippen LogP contribution in [0.5, 0.6) is 0 Å². The molecule has 1 aromatic heterocycles. The maximum atomic E-state index is 10.6. The highest BCUT2D eigenvalue weighted by molar-refractivity contribution is 9.10. The molecule has 0 fully saturated rings. The van der Waals surface area contributed by atoms with Gasteiger partial charge < -0.3 is 10.8 Å². The first-order chi connectivity index (χ1) is 8.97. The van der Waals surface area contributed by atoms with Crippen molar-refractivity contribution >= 4 is 39.6 Å². The van der Waals surface area contributed by atoms with Crippen molar-refractivity contribution in [1.82, 2.24) is 14.8 Å². The van der Waals surface area contributed by atoms with Crippen LogP contribution in [0, 0.1) is 6.92 Å². The van der Waals surface area contributed by atoms with Gasteiger partial charge in [-0.3, -0.25) is 9.36 Å². The topological polar surface area (TPSA) is 94.0 Å². The average molecular weight is 343 g/mol. The fraction of sp³-hybridized carbons (Fsp3) is 0.182. The zero-order chi connectivity index (χ0) is 14.0. The maximum Gasteiger partial charge on any atom is 0.313 e. The lowest BCUT2D eigenvalue weighted by atomic mass is 10.2. The van der Waals surface area contributed by atoms with E-state index in [2.05, 4.69) is 26.1 Å². The van der Waals surface area contributed by atoms with Crippen LogP contribution in [-0.4, -0.2) is 31.6 Å². The zero-order valence-corrected chi connectivity index (χ0v) is 12.4. The molecule has 0 aliphatic heterocycles. The molecular weight excluding hydrogens is 332 g/mol. The Hall–Kier alpha value is -1.54. The second-order valence-corrected chi connectivity index (χ2v) is 5.70. The first kappa shape index (κ1) is 13.9. The number of anilines is 1. The third kappa shape index (κ3) is 3.27. The van der Waals surface area contributed by atoms with E-state index in [1.54, 1.807) is 4.57 Å². The molecule has 0 aliphatic rings. The number of carboxylic acid groups (broad SMARTS) is 1. The summed E-state index contributed by atoms with van der Waals surface area (Å²) in [5, 5.41) is 16.9. The summed E-state index contributed by atoms with van der Waals surface area (Å²) in [6, 6.07) is 5.76. The van der Waals surface area contributed by atoms with Crippen LogP contribution in [-0.2, 0) is 4.79 Å². The van der Waals surface area contributed by atoms with Crippen molar-refractivity contribution in [2.45, 2.75) is 12.1 Å². The Morgan fingerprint density at radius 3 is 2.84 bits per heavy atom. The fourth-order valence-corrected chi connectivity index (χ4v) is 2.86. The van der Waals surface area contributed by atoms with Crippen molar-refractivity contribution < 1.29 is 9.90 Å². The number of aromatic nitrogens is 3. The van der Waals surface area contributed by atoms with Crippen molar-refractivity contribution in [2.75, 3.05) is 11.5 Å². The van der Waals surface area contributed by atoms with Crippen molar-refractivity contribution in [3.8, 4) is 5.69 Å². The van der Waals surface area contributed by atoms with E-state index in [0.717, 1.165) is 27.5 Å². The maximum absolute atomic E-state index is 10.6. The van der Waals surface area contributed by atoms with Gasteiger partial charge in [-0.05, 0) is 30.7 Å². The van der Waals surface area contributed by atoms with Gasteiger partial charge in [0, 0.05) is 4.47 Å². The smallest absolute Gasteiger partial charge is 0.313 e. The summed E-state index contributed by atoms with van der Waals surface area (Å²) in [6.07, 6.45) is 0. The van der Waals surface area contributed by atoms with Gasteiger partial charge in [-0.1, -0.05) is 27.7 Å². The number of carbonyl (C=O) groups is 1. The lowest BCUT2D eigenvalue weighted by Gasteiger charge is -2.09. The number of hydrogen-bond acceptors (Lipinski definition) is 5. The minimum atomic E-state index is -0.913. The van der Waals surface area contributed by atoms with E-state index >= 15 is 0 Å². The van der Waals surface area contributed by atoms with E-state index in [1.807, 2.05) is 25.1 Å². The number of halogens is 1. The summed E-state index contributed by atoms with van der Waals surface area (Å²) in [7, 11) is 0. The van der Waals surface area contributed by atoms with Crippen LogP contribution in [0.15, 0.2) is 27.8 Å². The molecule has 0 radical (unpaired) electrons. The summed E-state index contributed by atoms with van der Waals surface area (Å²) in [6.45, 7) is 1.96. The Morgan fingerprint density at radius 1 is 1.47 bits per heavy atom. The molecule has 0 atom stereocenters. The molecule has 8 heteroatoms. The molecule has 0 bridgehead atoms. The molecule has 100 valence electrons. The van der Waals surface area contributed by atoms with Crippen LogP contribution in [0.2, 0.25) is 0 Å². The Balaban J connectivity index is 2.43. The number of thioether (sulfide) groups is 1. The first-order valence-corrected chi connectivity index (χ1v) is 7.08. The van der Waals surface area contributed by atoms with Crippen LogP contribution in [0.3, 0.4) is 0 Å². The molecule has 1 heterocycles. The Kier molecular flexibility index (Phi) is 4.11. The molecule has 19 heavy (non-hydrogen) atoms. The molecule has 0 saturated heterocycles. The molecule has 1 aromatic carbocycles. The second-order valence-electron chi connectivity index (χ2n) is 3.85. The number of nitrogen functional groups attached to an aromatic ring is 1. The molecule has 6 nitrogen and oxygen atoms in total. The highest BCUT2D eigenvalue weighted by Gasteiger charge is 2.14. The minimum absolute atomic E-state index is 0.0921. The third-order valence-corrected chi connectivity index (χ3v) is 3.64. The van der Waals surface area contributed by atoms with Gasteiger partial charge in [-0.2, -0.15) is 0 Å². The number of hydrogen-bond donors (Lipinski definition) is 2. The van der Waals surface area contributed by atoms with Gasteiger partial charge in [0.15, 0.2) is 5.16 Å². The molecule has 0 saturated carbocycles. The van der Waals surface area contributed by atoms with Crippen LogP contribution in [0.1, 0.15) is 5.56 Å². The Morgan fingerprint density at radius 2 is 2.21 bits per heavy atom. The van der Waals surface area contributed by atoms with E-state index in [4.69, 9.17) is 10.8 Å². The SMILES string of the molecule is Cc1cc(Br)cc(-n2c(N)nnc2SCC(=O)O)c1. The van der Waals surface area contributed by atoms with Crippen molar-refractivity contribution in [3.63, 3.8) is 0 Å². The molecule has 0 unspecified atom stereocenters. The number of benzene rings is 1. The van der Waals surface area contributed by atoms with Crippen LogP contribution in [0.25, 0.3) is 5.69 Å². The monoisotopic (exact) mass is 342 g/mol. The minimum Gasteiger partial charge on any atom is -0.481 e. The molecule has 0 amide bonds. The van der Waals surface area contributed by atoms with Crippen LogP contribution < -0.4 is 5.73 Å². The van der Waals surface area contributed by atoms with Crippen molar-refractivity contribution in [2.24, 2.45) is 0 Å². The normalized spacial score (nSPS) is 10.6. The first-order valence-electron chi connectivity index (χ1n) is 5.30. The average Bonchev–Trinajstić information content (AvgIpc) is 2.66. The summed E-state index contributed by atoms with van der Waals surface area (Å²) in [4.78, 5) is 10.6. The van der Waals surface area contributed by atoms with Gasteiger partial charge in [0.05, 0.1) is 11.4 Å². The number of aliphatic carboxylic acids is 1. The number of nitrogens with two attached hydrogens (primary N) is 1. The fourth-order valence-electron chi connectivity index (χ4n) is 1.59. The molecule has 0 spiro atoms. The largest absolute Gasteiger partial charge is 0.481 e. The quantitative estimate of drug-likeness (QED) is 0.826. The molecule has 2 rings (SSSR count). The summed E-state index contributed by atoms with van der Waals surface area (Å²) < 4.78 is 2.54. The van der Waals surface area contributed by atoms with Gasteiger partial charge in [0.1, 0.15) is 0 Å². The van der Waals surface area contributed by atoms with E-state index in [0.29, 0.717) is 5.16 Å². The Bertz CT molecular complexity index is 609. The van der Waals surface area contributed by atoms with Crippen molar-refractivity contribution in [1.29, 1.82) is 0 Å². The lowest BCUT2D eigenvalue weighted by molar-refractivity contribution is -0.133. The van der Waals surface area contributed by atoms with E-state index in [9.17, 15) is 4.79 Å². The predicted octanol–water partition coefficient (Wildman–Crippen LogP) is 2.10. The van der Waals surface area contributed by atoms with Crippen LogP contribution >= 0.6 is 27.7 Å². The highest BCUT2D eigenvalue weighted by Crippen LogP contribution is 2.26. The van der Waals surface area contributed by atoms with Crippen molar-refractivity contribution in [3.05, 3.63) is 28.2 Å². The Labute approximate surface area is 122 Å². The summed E-state index contributed by atoms with van der Waals surface area (Å²) >= 11 is 4.49. The predicted molar refractivity (Wildman–Crippen MR) is 76.6 cm³/mol. The number of nitrogens with zero attached hydrogens (tertiary/aromatic N) is 3. The molecule has 3 N–H and O–H groups in total. The number of rotatable bonds is 4. The van der Waals surface area contributed by atoms with E-state index in [1.165, 1.54) is 0 Å². The van der Waals surface area contributed by atoms with Gasteiger partial charge in [-0.15, -0.1) is 10.2 Å². The van der Waals surface area contributed by atoms with E-state index < -0.39 is 5.97 Å². The number of carboxylic acids is 1. The van der Waals surface area contributed by atoms with Gasteiger partial charge >= 0.3 is 5.97 Å². The number of aryl methyl sites for hydroxylation is 1. The molecule has 0 aliphatic carbocycles. The van der Waals surface area contributed by atoms with E-state index in [-0.39, 0.29) is 11.7 Å². The van der Waals surface area contributed by atoms with Crippen LogP contribution in [0.4, 0.5) is 5.95 Å². The second kappa shape index (κ2) is 5.62. The lowest BCUT2D eigenvalue weighted by Crippen LogP contribution is -2.04. The standard InChI is InChI=1S/C11H11BrN4O2S/c1-6-2-7(12)4-8(3-6)16-10(13)14-15-11(16)19-5-9(17)18/h2-4H,5H2,1H3,(H2,13,14)(H,17,18). The van der Waals surface area contributed by atoms with Gasteiger partial charge in [0.2, 0.25) is 5.95 Å².